The Morgan fingerprint density at radius 3 is 2.88 bits per heavy atom. The lowest BCUT2D eigenvalue weighted by atomic mass is 9.94. The van der Waals surface area contributed by atoms with Gasteiger partial charge in [-0.1, -0.05) is 0 Å². The smallest absolute Gasteiger partial charge is 0.188 e. The summed E-state index contributed by atoms with van der Waals surface area (Å²) in [7, 11) is 2.15. The Kier molecular flexibility index (Phi) is 3.40. The molecule has 2 heterocycles. The van der Waals surface area contributed by atoms with E-state index in [0.717, 1.165) is 12.2 Å². The molecule has 0 amide bonds. The van der Waals surface area contributed by atoms with Gasteiger partial charge in [0.25, 0.3) is 0 Å². The van der Waals surface area contributed by atoms with E-state index in [1.54, 1.807) is 6.92 Å². The first-order chi connectivity index (χ1) is 7.58. The fourth-order valence-corrected chi connectivity index (χ4v) is 3.22. The van der Waals surface area contributed by atoms with E-state index in [2.05, 4.69) is 23.9 Å². The Morgan fingerprint density at radius 2 is 2.31 bits per heavy atom. The number of thiazole rings is 1. The first-order valence-corrected chi connectivity index (χ1v) is 6.56. The molecule has 1 fully saturated rings. The maximum atomic E-state index is 11.3. The lowest BCUT2D eigenvalue weighted by molar-refractivity contribution is 0.101. The highest BCUT2D eigenvalue weighted by Crippen LogP contribution is 2.30. The summed E-state index contributed by atoms with van der Waals surface area (Å²) in [6.07, 6.45) is 2.43. The van der Waals surface area contributed by atoms with Gasteiger partial charge in [-0.25, -0.2) is 4.98 Å². The highest BCUT2D eigenvalue weighted by atomic mass is 32.1. The Morgan fingerprint density at radius 1 is 1.56 bits per heavy atom. The molecule has 0 radical (unpaired) electrons. The zero-order valence-electron chi connectivity index (χ0n) is 10.1. The number of ketones is 1. The van der Waals surface area contributed by atoms with E-state index in [1.165, 1.54) is 35.6 Å². The molecule has 1 aromatic rings. The van der Waals surface area contributed by atoms with Gasteiger partial charge < -0.3 is 4.90 Å². The Hall–Kier alpha value is -0.740. The van der Waals surface area contributed by atoms with Crippen LogP contribution in [0, 0.1) is 6.92 Å². The summed E-state index contributed by atoms with van der Waals surface area (Å²) >= 11 is 1.54. The molecule has 0 saturated carbocycles. The summed E-state index contributed by atoms with van der Waals surface area (Å²) in [4.78, 5) is 19.4. The van der Waals surface area contributed by atoms with Crippen molar-refractivity contribution >= 4 is 17.1 Å². The number of carbonyl (C=O) groups excluding carboxylic acids is 1. The van der Waals surface area contributed by atoms with Gasteiger partial charge in [0.1, 0.15) is 0 Å². The van der Waals surface area contributed by atoms with Crippen LogP contribution in [0.2, 0.25) is 0 Å². The predicted octanol–water partition coefficient (Wildman–Crippen LogP) is 2.46. The largest absolute Gasteiger partial charge is 0.306 e. The summed E-state index contributed by atoms with van der Waals surface area (Å²) < 4.78 is 0. The van der Waals surface area contributed by atoms with Gasteiger partial charge >= 0.3 is 0 Å². The molecule has 4 heteroatoms. The van der Waals surface area contributed by atoms with Crippen LogP contribution in [0.3, 0.4) is 0 Å². The molecule has 3 nitrogen and oxygen atoms in total. The lowest BCUT2D eigenvalue weighted by Crippen LogP contribution is -2.31. The average Bonchev–Trinajstić information content (AvgIpc) is 2.60. The molecule has 1 aromatic heterocycles. The van der Waals surface area contributed by atoms with Crippen LogP contribution in [0.1, 0.15) is 46.1 Å². The molecule has 1 saturated heterocycles. The molecule has 1 atom stereocenters. The standard InChI is InChI=1S/C12H18N2OS/c1-8(15)12-13-11(9(2)16-12)10-5-4-6-14(3)7-10/h10H,4-7H2,1-3H3. The third kappa shape index (κ3) is 2.33. The van der Waals surface area contributed by atoms with Crippen LogP contribution < -0.4 is 0 Å². The van der Waals surface area contributed by atoms with Crippen LogP contribution in [0.5, 0.6) is 0 Å². The van der Waals surface area contributed by atoms with Gasteiger partial charge in [-0.15, -0.1) is 11.3 Å². The monoisotopic (exact) mass is 238 g/mol. The summed E-state index contributed by atoms with van der Waals surface area (Å²) in [5.41, 5.74) is 1.15. The third-order valence-electron chi connectivity index (χ3n) is 3.14. The second-order valence-corrected chi connectivity index (χ2v) is 5.82. The summed E-state index contributed by atoms with van der Waals surface area (Å²) in [5, 5.41) is 0.667. The van der Waals surface area contributed by atoms with Gasteiger partial charge in [-0.05, 0) is 33.4 Å². The molecule has 1 unspecified atom stereocenters. The minimum absolute atomic E-state index is 0.0866. The van der Waals surface area contributed by atoms with Crippen LogP contribution >= 0.6 is 11.3 Å². The van der Waals surface area contributed by atoms with E-state index in [1.807, 2.05) is 0 Å². The van der Waals surface area contributed by atoms with Crippen molar-refractivity contribution < 1.29 is 4.79 Å². The number of likely N-dealkylation sites (N-methyl/N-ethyl adjacent to an activating group) is 1. The molecule has 1 aliphatic rings. The molecule has 0 bridgehead atoms. The van der Waals surface area contributed by atoms with Crippen molar-refractivity contribution in [2.45, 2.75) is 32.6 Å². The maximum absolute atomic E-state index is 11.3. The molecule has 2 rings (SSSR count). The van der Waals surface area contributed by atoms with Gasteiger partial charge in [0, 0.05) is 24.3 Å². The number of rotatable bonds is 2. The third-order valence-corrected chi connectivity index (χ3v) is 4.23. The summed E-state index contributed by atoms with van der Waals surface area (Å²) in [5.74, 6) is 0.603. The molecule has 0 aromatic carbocycles. The normalized spacial score (nSPS) is 22.3. The van der Waals surface area contributed by atoms with Crippen molar-refractivity contribution in [2.24, 2.45) is 0 Å². The molecule has 16 heavy (non-hydrogen) atoms. The van der Waals surface area contributed by atoms with Crippen molar-refractivity contribution in [2.75, 3.05) is 20.1 Å². The molecule has 0 N–H and O–H groups in total. The number of piperidine rings is 1. The van der Waals surface area contributed by atoms with Gasteiger partial charge in [0.2, 0.25) is 0 Å². The highest BCUT2D eigenvalue weighted by molar-refractivity contribution is 7.13. The number of aryl methyl sites for hydroxylation is 1. The van der Waals surface area contributed by atoms with E-state index < -0.39 is 0 Å². The van der Waals surface area contributed by atoms with Crippen molar-refractivity contribution in [3.8, 4) is 0 Å². The fourth-order valence-electron chi connectivity index (χ4n) is 2.33. The minimum atomic E-state index is 0.0866. The Labute approximate surface area is 100 Å². The molecular formula is C12H18N2OS. The molecule has 0 aliphatic carbocycles. The van der Waals surface area contributed by atoms with E-state index in [4.69, 9.17) is 0 Å². The van der Waals surface area contributed by atoms with E-state index in [0.29, 0.717) is 10.9 Å². The van der Waals surface area contributed by atoms with E-state index >= 15 is 0 Å². The highest BCUT2D eigenvalue weighted by Gasteiger charge is 2.24. The van der Waals surface area contributed by atoms with Gasteiger partial charge in [-0.3, -0.25) is 4.79 Å². The zero-order chi connectivity index (χ0) is 11.7. The second kappa shape index (κ2) is 4.63. The SMILES string of the molecule is CC(=O)c1nc(C2CCCN(C)C2)c(C)s1. The molecular weight excluding hydrogens is 220 g/mol. The number of Topliss-reactive ketones (excluding diaryl/α,β-unsaturated/α-hetero) is 1. The molecule has 0 spiro atoms. The Balaban J connectivity index is 2.22. The van der Waals surface area contributed by atoms with Crippen LogP contribution in [0.25, 0.3) is 0 Å². The number of hydrogen-bond donors (Lipinski definition) is 0. The quantitative estimate of drug-likeness (QED) is 0.742. The lowest BCUT2D eigenvalue weighted by Gasteiger charge is -2.29. The van der Waals surface area contributed by atoms with Crippen molar-refractivity contribution in [1.82, 2.24) is 9.88 Å². The minimum Gasteiger partial charge on any atom is -0.306 e. The summed E-state index contributed by atoms with van der Waals surface area (Å²) in [6.45, 7) is 5.92. The van der Waals surface area contributed by atoms with E-state index in [9.17, 15) is 4.79 Å². The first-order valence-electron chi connectivity index (χ1n) is 5.74. The first kappa shape index (κ1) is 11.7. The van der Waals surface area contributed by atoms with Crippen molar-refractivity contribution in [3.63, 3.8) is 0 Å². The zero-order valence-corrected chi connectivity index (χ0v) is 10.9. The molecule has 88 valence electrons. The number of carbonyl (C=O) groups is 1. The van der Waals surface area contributed by atoms with Crippen LogP contribution in [-0.2, 0) is 0 Å². The van der Waals surface area contributed by atoms with Crippen molar-refractivity contribution in [3.05, 3.63) is 15.6 Å². The van der Waals surface area contributed by atoms with Gasteiger partial charge in [0.05, 0.1) is 5.69 Å². The van der Waals surface area contributed by atoms with Gasteiger partial charge in [-0.2, -0.15) is 0 Å². The van der Waals surface area contributed by atoms with Gasteiger partial charge in [0.15, 0.2) is 10.8 Å². The van der Waals surface area contributed by atoms with Crippen LogP contribution in [0.4, 0.5) is 0 Å². The topological polar surface area (TPSA) is 33.2 Å². The maximum Gasteiger partial charge on any atom is 0.188 e. The van der Waals surface area contributed by atoms with E-state index in [-0.39, 0.29) is 5.78 Å². The number of aromatic nitrogens is 1. The van der Waals surface area contributed by atoms with Crippen LogP contribution in [0.15, 0.2) is 0 Å². The van der Waals surface area contributed by atoms with Crippen molar-refractivity contribution in [1.29, 1.82) is 0 Å². The number of nitrogens with zero attached hydrogens (tertiary/aromatic N) is 2. The summed E-state index contributed by atoms with van der Waals surface area (Å²) in [6, 6.07) is 0. The van der Waals surface area contributed by atoms with Crippen LogP contribution in [-0.4, -0.2) is 35.8 Å². The average molecular weight is 238 g/mol. The number of likely N-dealkylation sites (tertiary alicyclic amines) is 1. The number of hydrogen-bond acceptors (Lipinski definition) is 4. The predicted molar refractivity (Wildman–Crippen MR) is 66.3 cm³/mol. The second-order valence-electron chi connectivity index (χ2n) is 4.62. The fraction of sp³-hybridized carbons (Fsp3) is 0.667. The molecule has 1 aliphatic heterocycles. The Bertz CT molecular complexity index is 400.